The predicted octanol–water partition coefficient (Wildman–Crippen LogP) is 2.45. The molecule has 1 atom stereocenters. The number of aliphatic hydroxyl groups is 1. The van der Waals surface area contributed by atoms with E-state index < -0.39 is 6.10 Å². The Morgan fingerprint density at radius 3 is 2.56 bits per heavy atom. The van der Waals surface area contributed by atoms with Gasteiger partial charge in [0.2, 0.25) is 0 Å². The summed E-state index contributed by atoms with van der Waals surface area (Å²) in [4.78, 5) is 2.01. The minimum absolute atomic E-state index is 0.567. The maximum atomic E-state index is 10.2. The lowest BCUT2D eigenvalue weighted by atomic mass is 9.96. The lowest BCUT2D eigenvalue weighted by Crippen LogP contribution is -2.18. The summed E-state index contributed by atoms with van der Waals surface area (Å²) in [5, 5.41) is 10.2. The molecular weight excluding hydrogens is 198 g/mol. The molecule has 1 aromatic rings. The molecule has 1 rings (SSSR count). The summed E-state index contributed by atoms with van der Waals surface area (Å²) in [6.07, 6.45) is -0.567. The molecule has 0 saturated carbocycles. The lowest BCUT2D eigenvalue weighted by molar-refractivity contribution is 0.204. The summed E-state index contributed by atoms with van der Waals surface area (Å²) in [6.45, 7) is 8.70. The first-order chi connectivity index (χ1) is 7.41. The van der Waals surface area contributed by atoms with Crippen LogP contribution in [0.3, 0.4) is 0 Å². The van der Waals surface area contributed by atoms with Gasteiger partial charge in [-0.1, -0.05) is 30.3 Å². The minimum atomic E-state index is -0.567. The van der Waals surface area contributed by atoms with Gasteiger partial charge in [0.05, 0.1) is 0 Å². The van der Waals surface area contributed by atoms with Crippen molar-refractivity contribution in [3.63, 3.8) is 0 Å². The SMILES string of the molecule is C=C(CN(C)C)C(O)c1cc(C)ccc1C. The van der Waals surface area contributed by atoms with Crippen LogP contribution in [-0.4, -0.2) is 30.6 Å². The number of rotatable bonds is 4. The average Bonchev–Trinajstić information content (AvgIpc) is 2.19. The summed E-state index contributed by atoms with van der Waals surface area (Å²) in [5.41, 5.74) is 4.07. The molecule has 1 unspecified atom stereocenters. The molecule has 0 saturated heterocycles. The molecule has 1 aromatic carbocycles. The molecule has 0 aliphatic rings. The largest absolute Gasteiger partial charge is 0.384 e. The number of hydrogen-bond donors (Lipinski definition) is 1. The molecule has 0 fully saturated rings. The van der Waals surface area contributed by atoms with Gasteiger partial charge >= 0.3 is 0 Å². The third-order valence-electron chi connectivity index (χ3n) is 2.64. The van der Waals surface area contributed by atoms with Gasteiger partial charge in [-0.25, -0.2) is 0 Å². The van der Waals surface area contributed by atoms with Crippen molar-refractivity contribution in [2.75, 3.05) is 20.6 Å². The lowest BCUT2D eigenvalue weighted by Gasteiger charge is -2.19. The third kappa shape index (κ3) is 3.19. The van der Waals surface area contributed by atoms with E-state index in [4.69, 9.17) is 0 Å². The number of likely N-dealkylation sites (N-methyl/N-ethyl adjacent to an activating group) is 1. The monoisotopic (exact) mass is 219 g/mol. The van der Waals surface area contributed by atoms with E-state index in [0.717, 1.165) is 22.3 Å². The fourth-order valence-electron chi connectivity index (χ4n) is 1.77. The Morgan fingerprint density at radius 1 is 1.38 bits per heavy atom. The molecule has 2 heteroatoms. The highest BCUT2D eigenvalue weighted by atomic mass is 16.3. The Morgan fingerprint density at radius 2 is 2.00 bits per heavy atom. The van der Waals surface area contributed by atoms with Gasteiger partial charge < -0.3 is 10.0 Å². The van der Waals surface area contributed by atoms with Crippen molar-refractivity contribution in [2.24, 2.45) is 0 Å². The molecule has 0 radical (unpaired) electrons. The Balaban J connectivity index is 2.91. The standard InChI is InChI=1S/C14H21NO/c1-10-6-7-11(2)13(8-10)14(16)12(3)9-15(4)5/h6-8,14,16H,3,9H2,1-2,4-5H3. The quantitative estimate of drug-likeness (QED) is 0.786. The summed E-state index contributed by atoms with van der Waals surface area (Å²) in [7, 11) is 3.95. The van der Waals surface area contributed by atoms with Gasteiger partial charge in [0.1, 0.15) is 6.10 Å². The summed E-state index contributed by atoms with van der Waals surface area (Å²) >= 11 is 0. The van der Waals surface area contributed by atoms with Crippen LogP contribution in [0.15, 0.2) is 30.4 Å². The molecule has 0 amide bonds. The Kier molecular flexibility index (Phi) is 4.27. The fraction of sp³-hybridized carbons (Fsp3) is 0.429. The number of aliphatic hydroxyl groups excluding tert-OH is 1. The van der Waals surface area contributed by atoms with Gasteiger partial charge in [-0.3, -0.25) is 0 Å². The molecule has 0 aliphatic carbocycles. The van der Waals surface area contributed by atoms with E-state index in [9.17, 15) is 5.11 Å². The summed E-state index contributed by atoms with van der Waals surface area (Å²) in [6, 6.07) is 6.12. The highest BCUT2D eigenvalue weighted by Gasteiger charge is 2.14. The smallest absolute Gasteiger partial charge is 0.101 e. The second-order valence-electron chi connectivity index (χ2n) is 4.66. The molecule has 0 bridgehead atoms. The summed E-state index contributed by atoms with van der Waals surface area (Å²) < 4.78 is 0. The number of aryl methyl sites for hydroxylation is 2. The predicted molar refractivity (Wildman–Crippen MR) is 68.6 cm³/mol. The molecule has 0 aliphatic heterocycles. The summed E-state index contributed by atoms with van der Waals surface area (Å²) in [5.74, 6) is 0. The molecule has 2 nitrogen and oxygen atoms in total. The topological polar surface area (TPSA) is 23.5 Å². The number of nitrogens with zero attached hydrogens (tertiary/aromatic N) is 1. The molecule has 0 aromatic heterocycles. The van der Waals surface area contributed by atoms with Crippen LogP contribution in [0.1, 0.15) is 22.8 Å². The van der Waals surface area contributed by atoms with E-state index in [2.05, 4.69) is 12.6 Å². The van der Waals surface area contributed by atoms with E-state index in [-0.39, 0.29) is 0 Å². The maximum absolute atomic E-state index is 10.2. The Hall–Kier alpha value is -1.12. The van der Waals surface area contributed by atoms with Crippen LogP contribution in [0, 0.1) is 13.8 Å². The highest BCUT2D eigenvalue weighted by Crippen LogP contribution is 2.24. The first-order valence-electron chi connectivity index (χ1n) is 5.49. The van der Waals surface area contributed by atoms with E-state index in [1.54, 1.807) is 0 Å². The molecular formula is C14H21NO. The zero-order valence-electron chi connectivity index (χ0n) is 10.6. The Labute approximate surface area is 98.2 Å². The second-order valence-corrected chi connectivity index (χ2v) is 4.66. The number of hydrogen-bond acceptors (Lipinski definition) is 2. The van der Waals surface area contributed by atoms with Crippen molar-refractivity contribution in [2.45, 2.75) is 20.0 Å². The van der Waals surface area contributed by atoms with Crippen molar-refractivity contribution in [1.29, 1.82) is 0 Å². The third-order valence-corrected chi connectivity index (χ3v) is 2.64. The number of benzene rings is 1. The van der Waals surface area contributed by atoms with Gasteiger partial charge in [-0.05, 0) is 44.6 Å². The van der Waals surface area contributed by atoms with E-state index >= 15 is 0 Å². The van der Waals surface area contributed by atoms with E-state index in [0.29, 0.717) is 6.54 Å². The highest BCUT2D eigenvalue weighted by molar-refractivity contribution is 5.35. The second kappa shape index (κ2) is 5.28. The molecule has 1 N–H and O–H groups in total. The fourth-order valence-corrected chi connectivity index (χ4v) is 1.77. The zero-order chi connectivity index (χ0) is 12.3. The van der Waals surface area contributed by atoms with Gasteiger partial charge in [-0.15, -0.1) is 0 Å². The molecule has 0 spiro atoms. The minimum Gasteiger partial charge on any atom is -0.384 e. The van der Waals surface area contributed by atoms with Crippen molar-refractivity contribution in [3.8, 4) is 0 Å². The normalized spacial score (nSPS) is 12.9. The first kappa shape index (κ1) is 12.9. The maximum Gasteiger partial charge on any atom is 0.101 e. The van der Waals surface area contributed by atoms with Gasteiger partial charge in [0, 0.05) is 6.54 Å². The van der Waals surface area contributed by atoms with E-state index in [1.807, 2.05) is 45.0 Å². The van der Waals surface area contributed by atoms with Crippen molar-refractivity contribution in [1.82, 2.24) is 4.90 Å². The van der Waals surface area contributed by atoms with Crippen LogP contribution in [0.4, 0.5) is 0 Å². The van der Waals surface area contributed by atoms with Crippen LogP contribution in [0.25, 0.3) is 0 Å². The van der Waals surface area contributed by atoms with E-state index in [1.165, 1.54) is 0 Å². The van der Waals surface area contributed by atoms with Crippen molar-refractivity contribution in [3.05, 3.63) is 47.0 Å². The average molecular weight is 219 g/mol. The van der Waals surface area contributed by atoms with Crippen molar-refractivity contribution < 1.29 is 5.11 Å². The first-order valence-corrected chi connectivity index (χ1v) is 5.49. The van der Waals surface area contributed by atoms with Gasteiger partial charge in [0.25, 0.3) is 0 Å². The molecule has 16 heavy (non-hydrogen) atoms. The van der Waals surface area contributed by atoms with Crippen LogP contribution in [-0.2, 0) is 0 Å². The van der Waals surface area contributed by atoms with Gasteiger partial charge in [0.15, 0.2) is 0 Å². The van der Waals surface area contributed by atoms with Crippen LogP contribution >= 0.6 is 0 Å². The van der Waals surface area contributed by atoms with Crippen LogP contribution < -0.4 is 0 Å². The van der Waals surface area contributed by atoms with Crippen molar-refractivity contribution >= 4 is 0 Å². The van der Waals surface area contributed by atoms with Crippen LogP contribution in [0.5, 0.6) is 0 Å². The Bertz CT molecular complexity index is 382. The molecule has 88 valence electrons. The zero-order valence-corrected chi connectivity index (χ0v) is 10.6. The van der Waals surface area contributed by atoms with Crippen LogP contribution in [0.2, 0.25) is 0 Å². The van der Waals surface area contributed by atoms with Gasteiger partial charge in [-0.2, -0.15) is 0 Å². The molecule has 0 heterocycles.